The van der Waals surface area contributed by atoms with Crippen LogP contribution in [0.2, 0.25) is 0 Å². The maximum absolute atomic E-state index is 11.6. The van der Waals surface area contributed by atoms with Gasteiger partial charge in [0.2, 0.25) is 11.8 Å². The van der Waals surface area contributed by atoms with Crippen LogP contribution in [0.4, 0.5) is 0 Å². The summed E-state index contributed by atoms with van der Waals surface area (Å²) in [6.45, 7) is 5.16. The van der Waals surface area contributed by atoms with E-state index in [0.717, 1.165) is 25.7 Å². The molecular formula is C14H28ClN3O2. The van der Waals surface area contributed by atoms with E-state index in [9.17, 15) is 9.59 Å². The summed E-state index contributed by atoms with van der Waals surface area (Å²) < 4.78 is 0. The molecule has 1 rings (SSSR count). The van der Waals surface area contributed by atoms with Gasteiger partial charge in [0.05, 0.1) is 0 Å². The minimum absolute atomic E-state index is 0. The van der Waals surface area contributed by atoms with E-state index in [1.807, 2.05) is 13.8 Å². The van der Waals surface area contributed by atoms with Gasteiger partial charge < -0.3 is 16.4 Å². The number of carbonyl (C=O) groups excluding carboxylic acids is 2. The zero-order chi connectivity index (χ0) is 14.3. The molecule has 0 atom stereocenters. The van der Waals surface area contributed by atoms with Gasteiger partial charge in [-0.25, -0.2) is 0 Å². The highest BCUT2D eigenvalue weighted by atomic mass is 35.5. The van der Waals surface area contributed by atoms with Crippen molar-refractivity contribution in [3.8, 4) is 0 Å². The molecule has 1 aliphatic carbocycles. The summed E-state index contributed by atoms with van der Waals surface area (Å²) in [5.41, 5.74) is 5.81. The molecule has 0 aromatic heterocycles. The van der Waals surface area contributed by atoms with E-state index in [0.29, 0.717) is 25.9 Å². The van der Waals surface area contributed by atoms with E-state index in [1.165, 1.54) is 0 Å². The van der Waals surface area contributed by atoms with Crippen LogP contribution in [0.15, 0.2) is 0 Å². The summed E-state index contributed by atoms with van der Waals surface area (Å²) in [6.07, 6.45) is 4.84. The number of hydrogen-bond donors (Lipinski definition) is 3. The Labute approximate surface area is 127 Å². The van der Waals surface area contributed by atoms with Crippen molar-refractivity contribution in [2.45, 2.75) is 57.9 Å². The van der Waals surface area contributed by atoms with Crippen molar-refractivity contribution in [1.29, 1.82) is 0 Å². The Balaban J connectivity index is 0.00000361. The molecule has 1 saturated carbocycles. The number of nitrogens with two attached hydrogens (primary N) is 1. The van der Waals surface area contributed by atoms with Crippen molar-refractivity contribution in [1.82, 2.24) is 10.6 Å². The van der Waals surface area contributed by atoms with Crippen molar-refractivity contribution in [3.63, 3.8) is 0 Å². The Bertz CT molecular complexity index is 316. The summed E-state index contributed by atoms with van der Waals surface area (Å²) in [4.78, 5) is 23.0. The number of halogens is 1. The molecule has 0 heterocycles. The van der Waals surface area contributed by atoms with Crippen molar-refractivity contribution in [3.05, 3.63) is 0 Å². The third-order valence-electron chi connectivity index (χ3n) is 3.87. The van der Waals surface area contributed by atoms with Crippen LogP contribution in [0.1, 0.15) is 52.4 Å². The topological polar surface area (TPSA) is 84.2 Å². The van der Waals surface area contributed by atoms with Gasteiger partial charge in [0.1, 0.15) is 0 Å². The Hall–Kier alpha value is -0.810. The van der Waals surface area contributed by atoms with Crippen LogP contribution in [0.25, 0.3) is 0 Å². The molecule has 0 aliphatic heterocycles. The maximum Gasteiger partial charge on any atom is 0.223 e. The summed E-state index contributed by atoms with van der Waals surface area (Å²) in [5.74, 6) is 0.386. The Morgan fingerprint density at radius 2 is 1.80 bits per heavy atom. The lowest BCUT2D eigenvalue weighted by Gasteiger charge is -2.26. The minimum Gasteiger partial charge on any atom is -0.356 e. The molecule has 0 radical (unpaired) electrons. The second-order valence-corrected chi connectivity index (χ2v) is 5.52. The number of carbonyl (C=O) groups is 2. The molecule has 0 bridgehead atoms. The molecule has 0 saturated heterocycles. The van der Waals surface area contributed by atoms with E-state index >= 15 is 0 Å². The summed E-state index contributed by atoms with van der Waals surface area (Å²) >= 11 is 0. The van der Waals surface area contributed by atoms with Crippen LogP contribution in [0, 0.1) is 5.92 Å². The lowest BCUT2D eigenvalue weighted by molar-refractivity contribution is -0.123. The first-order valence-corrected chi connectivity index (χ1v) is 7.34. The predicted molar refractivity (Wildman–Crippen MR) is 82.7 cm³/mol. The standard InChI is InChI=1S/C14H27N3O2.ClH/c1-3-14(15,4-2)10-17-12(18)6-5-9-16-13(19)11-7-8-11;/h11H,3-10,15H2,1-2H3,(H,16,19)(H,17,18);1H. The Morgan fingerprint density at radius 3 is 2.30 bits per heavy atom. The van der Waals surface area contributed by atoms with Gasteiger partial charge in [-0.3, -0.25) is 9.59 Å². The number of nitrogens with one attached hydrogen (secondary N) is 2. The van der Waals surface area contributed by atoms with Crippen LogP contribution < -0.4 is 16.4 Å². The molecule has 1 aliphatic rings. The van der Waals surface area contributed by atoms with Crippen molar-refractivity contribution in [2.24, 2.45) is 11.7 Å². The van der Waals surface area contributed by atoms with Gasteiger partial charge in [-0.1, -0.05) is 13.8 Å². The highest BCUT2D eigenvalue weighted by Gasteiger charge is 2.29. The zero-order valence-electron chi connectivity index (χ0n) is 12.5. The fourth-order valence-corrected chi connectivity index (χ4v) is 1.81. The van der Waals surface area contributed by atoms with Crippen LogP contribution in [-0.4, -0.2) is 30.4 Å². The molecule has 0 spiro atoms. The molecule has 1 fully saturated rings. The van der Waals surface area contributed by atoms with Gasteiger partial charge in [-0.2, -0.15) is 0 Å². The Kier molecular flexibility index (Phi) is 8.81. The monoisotopic (exact) mass is 305 g/mol. The average molecular weight is 306 g/mol. The first-order valence-electron chi connectivity index (χ1n) is 7.34. The fraction of sp³-hybridized carbons (Fsp3) is 0.857. The molecule has 6 heteroatoms. The molecule has 118 valence electrons. The average Bonchev–Trinajstić information content (AvgIpc) is 3.25. The van der Waals surface area contributed by atoms with Gasteiger partial charge in [-0.15, -0.1) is 12.4 Å². The smallest absolute Gasteiger partial charge is 0.223 e. The third kappa shape index (κ3) is 7.10. The van der Waals surface area contributed by atoms with Crippen LogP contribution in [-0.2, 0) is 9.59 Å². The van der Waals surface area contributed by atoms with Gasteiger partial charge in [-0.05, 0) is 32.1 Å². The second kappa shape index (κ2) is 9.19. The largest absolute Gasteiger partial charge is 0.356 e. The van der Waals surface area contributed by atoms with Crippen LogP contribution in [0.3, 0.4) is 0 Å². The number of hydrogen-bond acceptors (Lipinski definition) is 3. The Morgan fingerprint density at radius 1 is 1.20 bits per heavy atom. The first-order chi connectivity index (χ1) is 9.00. The SMILES string of the molecule is CCC(N)(CC)CNC(=O)CCCNC(=O)C1CC1.Cl. The van der Waals surface area contributed by atoms with Gasteiger partial charge >= 0.3 is 0 Å². The van der Waals surface area contributed by atoms with E-state index < -0.39 is 0 Å². The lowest BCUT2D eigenvalue weighted by atomic mass is 9.94. The van der Waals surface area contributed by atoms with Crippen molar-refractivity contribution < 1.29 is 9.59 Å². The molecule has 2 amide bonds. The molecular weight excluding hydrogens is 278 g/mol. The summed E-state index contributed by atoms with van der Waals surface area (Å²) in [7, 11) is 0. The van der Waals surface area contributed by atoms with E-state index in [4.69, 9.17) is 5.73 Å². The summed E-state index contributed by atoms with van der Waals surface area (Å²) in [5, 5.41) is 5.72. The van der Waals surface area contributed by atoms with E-state index in [-0.39, 0.29) is 35.7 Å². The molecule has 5 nitrogen and oxygen atoms in total. The lowest BCUT2D eigenvalue weighted by Crippen LogP contribution is -2.49. The normalized spacial score (nSPS) is 14.3. The van der Waals surface area contributed by atoms with Gasteiger partial charge in [0, 0.05) is 31.0 Å². The molecule has 0 aromatic rings. The highest BCUT2D eigenvalue weighted by Crippen LogP contribution is 2.28. The predicted octanol–water partition coefficient (Wildman–Crippen LogP) is 1.35. The van der Waals surface area contributed by atoms with Crippen molar-refractivity contribution in [2.75, 3.05) is 13.1 Å². The first kappa shape index (κ1) is 19.2. The van der Waals surface area contributed by atoms with Crippen LogP contribution >= 0.6 is 12.4 Å². The maximum atomic E-state index is 11.6. The molecule has 20 heavy (non-hydrogen) atoms. The zero-order valence-corrected chi connectivity index (χ0v) is 13.4. The van der Waals surface area contributed by atoms with Crippen molar-refractivity contribution >= 4 is 24.2 Å². The quantitative estimate of drug-likeness (QED) is 0.562. The molecule has 4 N–H and O–H groups in total. The second-order valence-electron chi connectivity index (χ2n) is 5.52. The number of rotatable bonds is 9. The third-order valence-corrected chi connectivity index (χ3v) is 3.87. The minimum atomic E-state index is -0.296. The van der Waals surface area contributed by atoms with Crippen LogP contribution in [0.5, 0.6) is 0 Å². The summed E-state index contributed by atoms with van der Waals surface area (Å²) in [6, 6.07) is 0. The number of amides is 2. The highest BCUT2D eigenvalue weighted by molar-refractivity contribution is 5.85. The van der Waals surface area contributed by atoms with Gasteiger partial charge in [0.25, 0.3) is 0 Å². The fourth-order valence-electron chi connectivity index (χ4n) is 1.81. The van der Waals surface area contributed by atoms with E-state index in [1.54, 1.807) is 0 Å². The van der Waals surface area contributed by atoms with E-state index in [2.05, 4.69) is 10.6 Å². The van der Waals surface area contributed by atoms with Gasteiger partial charge in [0.15, 0.2) is 0 Å². The molecule has 0 unspecified atom stereocenters. The molecule has 0 aromatic carbocycles.